The van der Waals surface area contributed by atoms with Crippen LogP contribution in [0.4, 0.5) is 5.69 Å². The highest BCUT2D eigenvalue weighted by atomic mass is 14.9. The summed E-state index contributed by atoms with van der Waals surface area (Å²) in [5.41, 5.74) is 4.55. The van der Waals surface area contributed by atoms with Crippen LogP contribution in [0.5, 0.6) is 0 Å². The van der Waals surface area contributed by atoms with Crippen LogP contribution in [0, 0.1) is 19.3 Å². The van der Waals surface area contributed by atoms with Gasteiger partial charge in [0.2, 0.25) is 0 Å². The van der Waals surface area contributed by atoms with Crippen LogP contribution >= 0.6 is 0 Å². The number of anilines is 1. The zero-order chi connectivity index (χ0) is 13.2. The molecule has 0 aromatic heterocycles. The molecule has 1 fully saturated rings. The van der Waals surface area contributed by atoms with E-state index in [1.807, 2.05) is 0 Å². The Bertz CT molecular complexity index is 386. The van der Waals surface area contributed by atoms with Gasteiger partial charge in [0.15, 0.2) is 0 Å². The van der Waals surface area contributed by atoms with Gasteiger partial charge in [0, 0.05) is 11.7 Å². The molecule has 0 aliphatic heterocycles. The first kappa shape index (κ1) is 13.5. The molecule has 1 atom stereocenters. The van der Waals surface area contributed by atoms with E-state index in [9.17, 15) is 0 Å². The third-order valence-electron chi connectivity index (χ3n) is 4.17. The molecule has 1 nitrogen and oxygen atoms in total. The van der Waals surface area contributed by atoms with Crippen molar-refractivity contribution in [2.24, 2.45) is 5.41 Å². The van der Waals surface area contributed by atoms with Crippen molar-refractivity contribution in [1.82, 2.24) is 0 Å². The third-order valence-corrected chi connectivity index (χ3v) is 4.17. The Morgan fingerprint density at radius 3 is 2.33 bits per heavy atom. The summed E-state index contributed by atoms with van der Waals surface area (Å²) in [4.78, 5) is 0. The van der Waals surface area contributed by atoms with Crippen molar-refractivity contribution < 1.29 is 0 Å². The van der Waals surface area contributed by atoms with Crippen LogP contribution in [0.2, 0.25) is 0 Å². The van der Waals surface area contributed by atoms with Crippen LogP contribution < -0.4 is 5.32 Å². The molecule has 1 aromatic rings. The van der Waals surface area contributed by atoms with E-state index in [1.54, 1.807) is 0 Å². The first-order valence-corrected chi connectivity index (χ1v) is 7.29. The van der Waals surface area contributed by atoms with Gasteiger partial charge in [0.1, 0.15) is 0 Å². The zero-order valence-electron chi connectivity index (χ0n) is 12.3. The monoisotopic (exact) mass is 245 g/mol. The smallest absolute Gasteiger partial charge is 0.0347 e. The van der Waals surface area contributed by atoms with Gasteiger partial charge in [-0.1, -0.05) is 26.3 Å². The van der Waals surface area contributed by atoms with Crippen molar-refractivity contribution in [3.8, 4) is 0 Å². The van der Waals surface area contributed by atoms with Crippen molar-refractivity contribution in [2.45, 2.75) is 65.8 Å². The normalized spacial score (nSPS) is 23.4. The molecule has 1 aliphatic carbocycles. The lowest BCUT2D eigenvalue weighted by atomic mass is 9.85. The molecule has 18 heavy (non-hydrogen) atoms. The topological polar surface area (TPSA) is 12.0 Å². The van der Waals surface area contributed by atoms with Gasteiger partial charge in [-0.15, -0.1) is 0 Å². The lowest BCUT2D eigenvalue weighted by Gasteiger charge is -2.22. The van der Waals surface area contributed by atoms with Gasteiger partial charge < -0.3 is 5.32 Å². The highest BCUT2D eigenvalue weighted by molar-refractivity contribution is 5.49. The maximum absolute atomic E-state index is 3.74. The minimum Gasteiger partial charge on any atom is -0.382 e. The van der Waals surface area contributed by atoms with E-state index >= 15 is 0 Å². The van der Waals surface area contributed by atoms with E-state index in [1.165, 1.54) is 48.9 Å². The van der Waals surface area contributed by atoms with Crippen LogP contribution in [0.15, 0.2) is 18.2 Å². The molecule has 1 aliphatic rings. The standard InChI is InChI=1S/C17H27N/c1-13-10-14(2)12-16(11-13)18-15-6-5-8-17(3,4)9-7-15/h10-12,15,18H,5-9H2,1-4H3. The van der Waals surface area contributed by atoms with Crippen molar-refractivity contribution in [3.05, 3.63) is 29.3 Å². The average Bonchev–Trinajstić information content (AvgIpc) is 2.39. The lowest BCUT2D eigenvalue weighted by molar-refractivity contribution is 0.313. The molecule has 1 N–H and O–H groups in total. The zero-order valence-corrected chi connectivity index (χ0v) is 12.3. The molecular weight excluding hydrogens is 218 g/mol. The maximum Gasteiger partial charge on any atom is 0.0347 e. The molecular formula is C17H27N. The van der Waals surface area contributed by atoms with Crippen molar-refractivity contribution in [1.29, 1.82) is 0 Å². The largest absolute Gasteiger partial charge is 0.382 e. The fourth-order valence-corrected chi connectivity index (χ4v) is 3.10. The Morgan fingerprint density at radius 2 is 1.67 bits per heavy atom. The molecule has 100 valence electrons. The maximum atomic E-state index is 3.74. The highest BCUT2D eigenvalue weighted by Gasteiger charge is 2.24. The number of rotatable bonds is 2. The molecule has 0 saturated heterocycles. The van der Waals surface area contributed by atoms with E-state index in [2.05, 4.69) is 51.2 Å². The van der Waals surface area contributed by atoms with Crippen LogP contribution in [-0.4, -0.2) is 6.04 Å². The second-order valence-corrected chi connectivity index (χ2v) is 6.81. The molecule has 1 unspecified atom stereocenters. The number of aryl methyl sites for hydroxylation is 2. The minimum absolute atomic E-state index is 0.541. The number of nitrogens with one attached hydrogen (secondary N) is 1. The van der Waals surface area contributed by atoms with E-state index in [0.29, 0.717) is 11.5 Å². The summed E-state index contributed by atoms with van der Waals surface area (Å²) in [6.45, 7) is 9.17. The first-order chi connectivity index (χ1) is 8.44. The summed E-state index contributed by atoms with van der Waals surface area (Å²) in [5, 5.41) is 3.74. The highest BCUT2D eigenvalue weighted by Crippen LogP contribution is 2.34. The minimum atomic E-state index is 0.541. The average molecular weight is 245 g/mol. The van der Waals surface area contributed by atoms with Crippen LogP contribution in [-0.2, 0) is 0 Å². The van der Waals surface area contributed by atoms with Crippen molar-refractivity contribution in [2.75, 3.05) is 5.32 Å². The second-order valence-electron chi connectivity index (χ2n) is 6.81. The molecule has 0 spiro atoms. The fourth-order valence-electron chi connectivity index (χ4n) is 3.10. The van der Waals surface area contributed by atoms with Crippen LogP contribution in [0.25, 0.3) is 0 Å². The first-order valence-electron chi connectivity index (χ1n) is 7.29. The SMILES string of the molecule is Cc1cc(C)cc(NC2CCCC(C)(C)CC2)c1. The van der Waals surface area contributed by atoms with Gasteiger partial charge in [-0.05, 0) is 68.2 Å². The van der Waals surface area contributed by atoms with E-state index < -0.39 is 0 Å². The van der Waals surface area contributed by atoms with Gasteiger partial charge in [-0.25, -0.2) is 0 Å². The molecule has 2 rings (SSSR count). The van der Waals surface area contributed by atoms with Gasteiger partial charge in [0.25, 0.3) is 0 Å². The summed E-state index contributed by atoms with van der Waals surface area (Å²) < 4.78 is 0. The van der Waals surface area contributed by atoms with Gasteiger partial charge in [-0.3, -0.25) is 0 Å². The molecule has 0 bridgehead atoms. The summed E-state index contributed by atoms with van der Waals surface area (Å²) in [7, 11) is 0. The third kappa shape index (κ3) is 3.76. The predicted octanol–water partition coefficient (Wildman–Crippen LogP) is 5.07. The molecule has 1 heteroatoms. The quantitative estimate of drug-likeness (QED) is 0.717. The number of benzene rings is 1. The predicted molar refractivity (Wildman–Crippen MR) is 80.2 cm³/mol. The summed E-state index contributed by atoms with van der Waals surface area (Å²) >= 11 is 0. The Hall–Kier alpha value is -0.980. The number of hydrogen-bond acceptors (Lipinski definition) is 1. The molecule has 0 radical (unpaired) electrons. The lowest BCUT2D eigenvalue weighted by Crippen LogP contribution is -2.19. The molecule has 0 heterocycles. The van der Waals surface area contributed by atoms with Crippen molar-refractivity contribution >= 4 is 5.69 Å². The van der Waals surface area contributed by atoms with Gasteiger partial charge in [0.05, 0.1) is 0 Å². The van der Waals surface area contributed by atoms with E-state index in [-0.39, 0.29) is 0 Å². The Kier molecular flexibility index (Phi) is 3.99. The Morgan fingerprint density at radius 1 is 1.00 bits per heavy atom. The summed E-state index contributed by atoms with van der Waals surface area (Å²) in [6, 6.07) is 7.43. The second kappa shape index (κ2) is 5.34. The van der Waals surface area contributed by atoms with Gasteiger partial charge in [-0.2, -0.15) is 0 Å². The van der Waals surface area contributed by atoms with E-state index in [0.717, 1.165) is 0 Å². The summed E-state index contributed by atoms with van der Waals surface area (Å²) in [5.74, 6) is 0. The molecule has 0 amide bonds. The van der Waals surface area contributed by atoms with Crippen LogP contribution in [0.3, 0.4) is 0 Å². The van der Waals surface area contributed by atoms with Crippen LogP contribution in [0.1, 0.15) is 57.1 Å². The molecule has 1 aromatic carbocycles. The fraction of sp³-hybridized carbons (Fsp3) is 0.647. The van der Waals surface area contributed by atoms with Crippen molar-refractivity contribution in [3.63, 3.8) is 0 Å². The Labute approximate surface area is 112 Å². The Balaban J connectivity index is 2.00. The summed E-state index contributed by atoms with van der Waals surface area (Å²) in [6.07, 6.45) is 6.69. The molecule has 1 saturated carbocycles. The van der Waals surface area contributed by atoms with E-state index in [4.69, 9.17) is 0 Å². The van der Waals surface area contributed by atoms with Gasteiger partial charge >= 0.3 is 0 Å². The number of hydrogen-bond donors (Lipinski definition) is 1.